The smallest absolute Gasteiger partial charge is 0.246 e. The Bertz CT molecular complexity index is 990. The second-order valence-corrected chi connectivity index (χ2v) is 9.30. The molecule has 0 spiro atoms. The highest BCUT2D eigenvalue weighted by Crippen LogP contribution is 2.32. The van der Waals surface area contributed by atoms with Crippen molar-refractivity contribution < 1.29 is 9.90 Å². The highest BCUT2D eigenvalue weighted by Gasteiger charge is 2.33. The zero-order valence-electron chi connectivity index (χ0n) is 19.4. The van der Waals surface area contributed by atoms with Crippen molar-refractivity contribution in [3.05, 3.63) is 42.0 Å². The van der Waals surface area contributed by atoms with Crippen molar-refractivity contribution in [1.29, 1.82) is 0 Å². The molecule has 2 N–H and O–H groups in total. The molecule has 4 rings (SSSR count). The maximum Gasteiger partial charge on any atom is 0.246 e. The Labute approximate surface area is 190 Å². The molecule has 1 aromatic heterocycles. The number of hydrogen-bond acceptors (Lipinski definition) is 6. The van der Waals surface area contributed by atoms with Gasteiger partial charge < -0.3 is 20.2 Å². The van der Waals surface area contributed by atoms with Gasteiger partial charge in [0.2, 0.25) is 5.91 Å². The van der Waals surface area contributed by atoms with Crippen molar-refractivity contribution in [1.82, 2.24) is 20.4 Å². The average molecular weight is 436 g/mol. The first-order valence-corrected chi connectivity index (χ1v) is 11.4. The van der Waals surface area contributed by atoms with Crippen LogP contribution >= 0.6 is 0 Å². The van der Waals surface area contributed by atoms with Crippen molar-refractivity contribution in [2.75, 3.05) is 26.0 Å². The number of aromatic hydroxyl groups is 1. The van der Waals surface area contributed by atoms with E-state index < -0.39 is 0 Å². The second-order valence-electron chi connectivity index (χ2n) is 9.30. The van der Waals surface area contributed by atoms with E-state index in [1.54, 1.807) is 26.2 Å². The number of anilines is 1. The van der Waals surface area contributed by atoms with E-state index in [-0.39, 0.29) is 11.7 Å². The molecule has 0 radical (unpaired) electrons. The van der Waals surface area contributed by atoms with E-state index in [0.717, 1.165) is 29.8 Å². The third kappa shape index (κ3) is 4.78. The molecule has 2 fully saturated rings. The summed E-state index contributed by atoms with van der Waals surface area (Å²) in [6, 6.07) is 11.0. The highest BCUT2D eigenvalue weighted by molar-refractivity contribution is 5.94. The molecule has 2 saturated heterocycles. The van der Waals surface area contributed by atoms with Crippen LogP contribution in [0.5, 0.6) is 5.75 Å². The number of benzene rings is 1. The molecule has 0 aliphatic carbocycles. The third-order valence-corrected chi connectivity index (χ3v) is 6.76. The first kappa shape index (κ1) is 22.3. The van der Waals surface area contributed by atoms with Crippen LogP contribution in [-0.2, 0) is 4.79 Å². The number of nitrogens with zero attached hydrogens (tertiary/aromatic N) is 4. The zero-order valence-corrected chi connectivity index (χ0v) is 19.4. The van der Waals surface area contributed by atoms with Crippen molar-refractivity contribution in [2.45, 2.75) is 57.2 Å². The summed E-state index contributed by atoms with van der Waals surface area (Å²) < 4.78 is 0. The van der Waals surface area contributed by atoms with E-state index in [9.17, 15) is 9.90 Å². The van der Waals surface area contributed by atoms with E-state index in [2.05, 4.69) is 27.5 Å². The van der Waals surface area contributed by atoms with Gasteiger partial charge in [-0.2, -0.15) is 0 Å². The van der Waals surface area contributed by atoms with Gasteiger partial charge in [0.15, 0.2) is 5.82 Å². The minimum Gasteiger partial charge on any atom is -0.507 e. The molecule has 170 valence electrons. The molecular formula is C25H33N5O2. The topological polar surface area (TPSA) is 81.6 Å². The SMILES string of the molecule is C/C(=C\C(=O)N(C)C)c1ccc(-c2ccc(N(C)[C@@H]3C[C@H]4CCC[C@@H](C3)N4)nn2)c(O)c1. The number of fused-ring (bicyclic) bond motifs is 2. The van der Waals surface area contributed by atoms with Crippen LogP contribution in [0.2, 0.25) is 0 Å². The average Bonchev–Trinajstić information content (AvgIpc) is 2.78. The van der Waals surface area contributed by atoms with E-state index in [0.29, 0.717) is 29.4 Å². The quantitative estimate of drug-likeness (QED) is 0.700. The van der Waals surface area contributed by atoms with Crippen LogP contribution < -0.4 is 10.2 Å². The number of carbonyl (C=O) groups is 1. The number of amides is 1. The minimum absolute atomic E-state index is 0.0889. The van der Waals surface area contributed by atoms with Gasteiger partial charge in [-0.25, -0.2) is 0 Å². The summed E-state index contributed by atoms with van der Waals surface area (Å²) >= 11 is 0. The summed E-state index contributed by atoms with van der Waals surface area (Å²) in [5, 5.41) is 23.2. The van der Waals surface area contributed by atoms with Crippen LogP contribution in [0.25, 0.3) is 16.8 Å². The molecule has 0 unspecified atom stereocenters. The third-order valence-electron chi connectivity index (χ3n) is 6.76. The molecule has 7 nitrogen and oxygen atoms in total. The largest absolute Gasteiger partial charge is 0.507 e. The van der Waals surface area contributed by atoms with Gasteiger partial charge in [-0.05, 0) is 68.0 Å². The van der Waals surface area contributed by atoms with Crippen molar-refractivity contribution in [2.24, 2.45) is 0 Å². The normalized spacial score (nSPS) is 23.0. The van der Waals surface area contributed by atoms with Gasteiger partial charge in [0.1, 0.15) is 5.75 Å². The van der Waals surface area contributed by atoms with Gasteiger partial charge in [0.05, 0.1) is 5.69 Å². The van der Waals surface area contributed by atoms with Gasteiger partial charge >= 0.3 is 0 Å². The molecule has 2 aromatic rings. The lowest BCUT2D eigenvalue weighted by molar-refractivity contribution is -0.123. The molecule has 1 aromatic carbocycles. The number of allylic oxidation sites excluding steroid dienone is 1. The van der Waals surface area contributed by atoms with Crippen molar-refractivity contribution >= 4 is 17.3 Å². The fraction of sp³-hybridized carbons (Fsp3) is 0.480. The van der Waals surface area contributed by atoms with Crippen LogP contribution in [0.4, 0.5) is 5.82 Å². The number of likely N-dealkylation sites (N-methyl/N-ethyl adjacent to an activating group) is 1. The minimum atomic E-state index is -0.0889. The number of rotatable bonds is 5. The highest BCUT2D eigenvalue weighted by atomic mass is 16.3. The summed E-state index contributed by atoms with van der Waals surface area (Å²) in [5.74, 6) is 0.888. The maximum atomic E-state index is 11.9. The molecule has 2 aliphatic heterocycles. The van der Waals surface area contributed by atoms with Gasteiger partial charge in [-0.3, -0.25) is 4.79 Å². The van der Waals surface area contributed by atoms with Crippen LogP contribution in [0, 0.1) is 0 Å². The van der Waals surface area contributed by atoms with Crippen LogP contribution in [0.3, 0.4) is 0 Å². The summed E-state index contributed by atoms with van der Waals surface area (Å²) in [6.45, 7) is 1.86. The van der Waals surface area contributed by atoms with Gasteiger partial charge in [0, 0.05) is 50.9 Å². The van der Waals surface area contributed by atoms with E-state index in [4.69, 9.17) is 0 Å². The molecule has 0 saturated carbocycles. The van der Waals surface area contributed by atoms with Gasteiger partial charge in [-0.15, -0.1) is 10.2 Å². The number of piperidine rings is 2. The van der Waals surface area contributed by atoms with Crippen LogP contribution in [-0.4, -0.2) is 65.4 Å². The summed E-state index contributed by atoms with van der Waals surface area (Å²) in [6.07, 6.45) is 7.70. The van der Waals surface area contributed by atoms with E-state index in [1.165, 1.54) is 24.2 Å². The number of nitrogens with one attached hydrogen (secondary N) is 1. The number of phenols is 1. The lowest BCUT2D eigenvalue weighted by atomic mass is 9.83. The fourth-order valence-corrected chi connectivity index (χ4v) is 4.79. The Morgan fingerprint density at radius 3 is 2.41 bits per heavy atom. The molecule has 3 atom stereocenters. The first-order valence-electron chi connectivity index (χ1n) is 11.4. The number of aromatic nitrogens is 2. The summed E-state index contributed by atoms with van der Waals surface area (Å²) in [5.41, 5.74) is 2.83. The first-order chi connectivity index (χ1) is 15.3. The number of hydrogen-bond donors (Lipinski definition) is 2. The molecule has 7 heteroatoms. The van der Waals surface area contributed by atoms with E-state index in [1.807, 2.05) is 31.2 Å². The molecular weight excluding hydrogens is 402 g/mol. The second kappa shape index (κ2) is 9.28. The van der Waals surface area contributed by atoms with E-state index >= 15 is 0 Å². The Balaban J connectivity index is 1.48. The molecule has 1 amide bonds. The standard InChI is InChI=1S/C25H33N5O2/c1-16(12-25(32)29(2)3)17-8-9-21(23(31)13-17)22-10-11-24(28-27-22)30(4)20-14-18-6-5-7-19(15-20)26-18/h8-13,18-20,26,31H,5-7,14-15H2,1-4H3/b16-12+/t18-,19+,20-. The monoisotopic (exact) mass is 435 g/mol. The Hall–Kier alpha value is -2.93. The molecule has 32 heavy (non-hydrogen) atoms. The summed E-state index contributed by atoms with van der Waals surface area (Å²) in [7, 11) is 5.53. The lowest BCUT2D eigenvalue weighted by Gasteiger charge is -2.43. The lowest BCUT2D eigenvalue weighted by Crippen LogP contribution is -2.54. The zero-order chi connectivity index (χ0) is 22.8. The maximum absolute atomic E-state index is 11.9. The number of phenolic OH excluding ortho intramolecular Hbond substituents is 1. The van der Waals surface area contributed by atoms with Gasteiger partial charge in [-0.1, -0.05) is 12.5 Å². The summed E-state index contributed by atoms with van der Waals surface area (Å²) in [4.78, 5) is 15.7. The van der Waals surface area contributed by atoms with Gasteiger partial charge in [0.25, 0.3) is 0 Å². The van der Waals surface area contributed by atoms with Crippen molar-refractivity contribution in [3.63, 3.8) is 0 Å². The van der Waals surface area contributed by atoms with Crippen LogP contribution in [0.1, 0.15) is 44.6 Å². The Morgan fingerprint density at radius 1 is 1.09 bits per heavy atom. The Kier molecular flexibility index (Phi) is 6.46. The Morgan fingerprint density at radius 2 is 1.81 bits per heavy atom. The molecule has 2 bridgehead atoms. The predicted octanol–water partition coefficient (Wildman–Crippen LogP) is 3.45. The number of carbonyl (C=O) groups excluding carboxylic acids is 1. The van der Waals surface area contributed by atoms with Crippen molar-refractivity contribution in [3.8, 4) is 17.0 Å². The molecule has 2 aliphatic rings. The fourth-order valence-electron chi connectivity index (χ4n) is 4.79. The van der Waals surface area contributed by atoms with Crippen LogP contribution in [0.15, 0.2) is 36.4 Å². The predicted molar refractivity (Wildman–Crippen MR) is 127 cm³/mol. The molecule has 3 heterocycles.